The van der Waals surface area contributed by atoms with E-state index < -0.39 is 17.3 Å². The van der Waals surface area contributed by atoms with E-state index in [2.05, 4.69) is 0 Å². The molecule has 0 spiro atoms. The first-order valence-electron chi connectivity index (χ1n) is 11.3. The minimum Gasteiger partial charge on any atom is -0.445 e. The van der Waals surface area contributed by atoms with Crippen molar-refractivity contribution in [2.24, 2.45) is 5.41 Å². The van der Waals surface area contributed by atoms with Crippen LogP contribution in [0, 0.1) is 5.41 Å². The first-order chi connectivity index (χ1) is 15.8. The molecule has 0 aromatic heterocycles. The summed E-state index contributed by atoms with van der Waals surface area (Å²) < 4.78 is 45.2. The molecule has 1 N–H and O–H groups in total. The van der Waals surface area contributed by atoms with Crippen LogP contribution < -0.4 is 4.74 Å². The second-order valence-electron chi connectivity index (χ2n) is 9.47. The van der Waals surface area contributed by atoms with Crippen LogP contribution in [0.5, 0.6) is 5.75 Å². The molecule has 2 bridgehead atoms. The molecule has 33 heavy (non-hydrogen) atoms. The number of alkyl halides is 3. The van der Waals surface area contributed by atoms with Crippen LogP contribution in [0.2, 0.25) is 0 Å². The van der Waals surface area contributed by atoms with Crippen LogP contribution in [-0.2, 0) is 11.8 Å². The molecule has 2 aliphatic heterocycles. The van der Waals surface area contributed by atoms with E-state index in [0.717, 1.165) is 55.7 Å². The highest BCUT2D eigenvalue weighted by Crippen LogP contribution is 2.58. The number of rotatable bonds is 6. The maximum absolute atomic E-state index is 12.8. The molecule has 5 rings (SSSR count). The number of nitrogens with zero attached hydrogens (tertiary/aromatic N) is 1. The molecule has 172 valence electrons. The summed E-state index contributed by atoms with van der Waals surface area (Å²) in [6.07, 6.45) is -2.66. The predicted molar refractivity (Wildman–Crippen MR) is 119 cm³/mol. The monoisotopic (exact) mass is 454 g/mol. The van der Waals surface area contributed by atoms with Gasteiger partial charge in [-0.15, -0.1) is 0 Å². The van der Waals surface area contributed by atoms with E-state index in [9.17, 15) is 18.3 Å². The molecular formula is C27H27F3NO2+. The summed E-state index contributed by atoms with van der Waals surface area (Å²) in [7, 11) is 0. The third-order valence-corrected chi connectivity index (χ3v) is 7.60. The molecule has 2 aliphatic rings. The minimum absolute atomic E-state index is 0.334. The van der Waals surface area contributed by atoms with E-state index in [4.69, 9.17) is 4.74 Å². The summed E-state index contributed by atoms with van der Waals surface area (Å²) >= 11 is 0. The van der Waals surface area contributed by atoms with Gasteiger partial charge in [0, 0.05) is 12.8 Å². The Morgan fingerprint density at radius 1 is 0.758 bits per heavy atom. The standard InChI is InChI=1S/C27H27F3NO2/c28-27(29,30)23-11-13-24(14-12-23)33-20-31-17-15-25(19-31,16-18-31)26(32,21-7-3-1-4-8-21)22-9-5-2-6-10-22/h1-14,32H,15-20H2/q+1. The van der Waals surface area contributed by atoms with Gasteiger partial charge < -0.3 is 9.84 Å². The van der Waals surface area contributed by atoms with Gasteiger partial charge in [0.15, 0.2) is 0 Å². The zero-order chi connectivity index (χ0) is 23.2. The number of piperidine rings is 1. The van der Waals surface area contributed by atoms with Crippen molar-refractivity contribution in [3.8, 4) is 5.75 Å². The van der Waals surface area contributed by atoms with Crippen molar-refractivity contribution >= 4 is 0 Å². The molecule has 0 amide bonds. The fraction of sp³-hybridized carbons (Fsp3) is 0.333. The number of hydrogen-bond acceptors (Lipinski definition) is 2. The van der Waals surface area contributed by atoms with Crippen LogP contribution in [0.4, 0.5) is 13.2 Å². The summed E-state index contributed by atoms with van der Waals surface area (Å²) in [5.74, 6) is 0.432. The van der Waals surface area contributed by atoms with Crippen LogP contribution in [0.1, 0.15) is 29.5 Å². The lowest BCUT2D eigenvalue weighted by Gasteiger charge is -2.42. The molecular weight excluding hydrogens is 427 g/mol. The maximum atomic E-state index is 12.8. The topological polar surface area (TPSA) is 29.5 Å². The number of hydrogen-bond donors (Lipinski definition) is 1. The van der Waals surface area contributed by atoms with Crippen molar-refractivity contribution in [3.63, 3.8) is 0 Å². The molecule has 3 aromatic carbocycles. The second kappa shape index (κ2) is 7.89. The van der Waals surface area contributed by atoms with Gasteiger partial charge in [0.25, 0.3) is 0 Å². The van der Waals surface area contributed by atoms with Crippen molar-refractivity contribution in [2.45, 2.75) is 24.6 Å². The first kappa shape index (κ1) is 22.0. The molecule has 2 fully saturated rings. The van der Waals surface area contributed by atoms with E-state index in [0.29, 0.717) is 17.0 Å². The van der Waals surface area contributed by atoms with Crippen LogP contribution in [0.3, 0.4) is 0 Å². The average Bonchev–Trinajstić information content (AvgIpc) is 3.41. The van der Waals surface area contributed by atoms with Crippen LogP contribution in [0.25, 0.3) is 0 Å². The molecule has 0 atom stereocenters. The quantitative estimate of drug-likeness (QED) is 0.492. The van der Waals surface area contributed by atoms with Gasteiger partial charge in [0.2, 0.25) is 6.73 Å². The van der Waals surface area contributed by atoms with Gasteiger partial charge >= 0.3 is 6.18 Å². The molecule has 6 heteroatoms. The van der Waals surface area contributed by atoms with Gasteiger partial charge in [0.05, 0.1) is 30.6 Å². The van der Waals surface area contributed by atoms with E-state index in [1.54, 1.807) is 0 Å². The van der Waals surface area contributed by atoms with E-state index in [1.165, 1.54) is 12.1 Å². The van der Waals surface area contributed by atoms with E-state index in [-0.39, 0.29) is 5.41 Å². The summed E-state index contributed by atoms with van der Waals surface area (Å²) in [4.78, 5) is 0. The smallest absolute Gasteiger partial charge is 0.416 e. The Labute approximate surface area is 191 Å². The molecule has 3 nitrogen and oxygen atoms in total. The third kappa shape index (κ3) is 3.71. The van der Waals surface area contributed by atoms with E-state index in [1.807, 2.05) is 60.7 Å². The largest absolute Gasteiger partial charge is 0.445 e. The van der Waals surface area contributed by atoms with Crippen molar-refractivity contribution < 1.29 is 27.5 Å². The van der Waals surface area contributed by atoms with E-state index >= 15 is 0 Å². The number of benzene rings is 3. The zero-order valence-electron chi connectivity index (χ0n) is 18.3. The average molecular weight is 455 g/mol. The Balaban J connectivity index is 1.40. The Bertz CT molecular complexity index is 1050. The second-order valence-corrected chi connectivity index (χ2v) is 9.47. The van der Waals surface area contributed by atoms with Crippen LogP contribution in [0.15, 0.2) is 84.9 Å². The number of aliphatic hydroxyl groups is 1. The first-order valence-corrected chi connectivity index (χ1v) is 11.3. The van der Waals surface area contributed by atoms with Crippen molar-refractivity contribution in [1.82, 2.24) is 0 Å². The molecule has 0 unspecified atom stereocenters. The maximum Gasteiger partial charge on any atom is 0.416 e. The molecule has 2 saturated heterocycles. The lowest BCUT2D eigenvalue weighted by atomic mass is 9.63. The summed E-state index contributed by atoms with van der Waals surface area (Å²) in [5, 5.41) is 12.4. The summed E-state index contributed by atoms with van der Waals surface area (Å²) in [5.41, 5.74) is -0.359. The Kier molecular flexibility index (Phi) is 5.26. The summed E-state index contributed by atoms with van der Waals surface area (Å²) in [6, 6.07) is 24.6. The van der Waals surface area contributed by atoms with Crippen LogP contribution >= 0.6 is 0 Å². The molecule has 0 radical (unpaired) electrons. The van der Waals surface area contributed by atoms with Gasteiger partial charge in [-0.05, 0) is 35.4 Å². The fourth-order valence-electron chi connectivity index (χ4n) is 5.84. The highest BCUT2D eigenvalue weighted by atomic mass is 19.4. The highest BCUT2D eigenvalue weighted by Gasteiger charge is 2.65. The van der Waals surface area contributed by atoms with Gasteiger partial charge in [-0.2, -0.15) is 13.2 Å². The van der Waals surface area contributed by atoms with Gasteiger partial charge in [-0.25, -0.2) is 0 Å². The van der Waals surface area contributed by atoms with Gasteiger partial charge in [-0.1, -0.05) is 60.7 Å². The molecule has 0 aliphatic carbocycles. The molecule has 0 saturated carbocycles. The lowest BCUT2D eigenvalue weighted by molar-refractivity contribution is -0.924. The van der Waals surface area contributed by atoms with Gasteiger partial charge in [0.1, 0.15) is 11.4 Å². The SMILES string of the molecule is OC(c1ccccc1)(c1ccccc1)C12CC[N+](COc3ccc(C(F)(F)F)cc3)(CC1)C2. The molecule has 3 aromatic rings. The summed E-state index contributed by atoms with van der Waals surface area (Å²) in [6.45, 7) is 2.87. The zero-order valence-corrected chi connectivity index (χ0v) is 18.3. The van der Waals surface area contributed by atoms with Crippen molar-refractivity contribution in [2.75, 3.05) is 26.4 Å². The predicted octanol–water partition coefficient (Wildman–Crippen LogP) is 5.59. The number of quaternary nitrogens is 1. The van der Waals surface area contributed by atoms with Crippen LogP contribution in [-0.4, -0.2) is 36.0 Å². The number of halogens is 3. The Morgan fingerprint density at radius 2 is 1.27 bits per heavy atom. The Hall–Kier alpha value is -2.83. The Morgan fingerprint density at radius 3 is 1.76 bits per heavy atom. The number of fused-ring (bicyclic) bond motifs is 2. The number of ether oxygens (including phenoxy) is 1. The highest BCUT2D eigenvalue weighted by molar-refractivity contribution is 5.40. The van der Waals surface area contributed by atoms with Gasteiger partial charge in [-0.3, -0.25) is 4.48 Å². The lowest BCUT2D eigenvalue weighted by Crippen LogP contribution is -2.47. The molecule has 2 heterocycles. The normalized spacial score (nSPS) is 24.7. The fourth-order valence-corrected chi connectivity index (χ4v) is 5.84. The minimum atomic E-state index is -4.36. The van der Waals surface area contributed by atoms with Crippen molar-refractivity contribution in [1.29, 1.82) is 0 Å². The third-order valence-electron chi connectivity index (χ3n) is 7.60. The van der Waals surface area contributed by atoms with Crippen molar-refractivity contribution in [3.05, 3.63) is 102 Å².